The Morgan fingerprint density at radius 2 is 2.07 bits per heavy atom. The van der Waals surface area contributed by atoms with Gasteiger partial charge in [-0.15, -0.1) is 0 Å². The molecule has 4 nitrogen and oxygen atoms in total. The summed E-state index contributed by atoms with van der Waals surface area (Å²) < 4.78 is 30.1. The molecule has 0 aliphatic heterocycles. The van der Waals surface area contributed by atoms with Gasteiger partial charge in [-0.2, -0.15) is 0 Å². The van der Waals surface area contributed by atoms with Crippen LogP contribution < -0.4 is 4.72 Å². The summed E-state index contributed by atoms with van der Waals surface area (Å²) in [7, 11) is -3.21. The van der Waals surface area contributed by atoms with Crippen molar-refractivity contribution in [2.24, 2.45) is 0 Å². The van der Waals surface area contributed by atoms with Crippen molar-refractivity contribution >= 4 is 10.0 Å². The van der Waals surface area contributed by atoms with Crippen molar-refractivity contribution in [1.82, 2.24) is 4.72 Å². The minimum atomic E-state index is -3.21. The zero-order valence-electron chi connectivity index (χ0n) is 9.04. The van der Waals surface area contributed by atoms with Crippen molar-refractivity contribution in [2.45, 2.75) is 26.9 Å². The second-order valence-electron chi connectivity index (χ2n) is 3.52. The Kier molecular flexibility index (Phi) is 5.99. The lowest BCUT2D eigenvalue weighted by Gasteiger charge is -2.08. The summed E-state index contributed by atoms with van der Waals surface area (Å²) in [5.74, 6) is -0.00153. The average Bonchev–Trinajstić information content (AvgIpc) is 2.00. The predicted octanol–water partition coefficient (Wildman–Crippen LogP) is 0.907. The summed E-state index contributed by atoms with van der Waals surface area (Å²) >= 11 is 0. The largest absolute Gasteiger partial charge is 0.378 e. The van der Waals surface area contributed by atoms with E-state index in [0.717, 1.165) is 5.57 Å². The molecule has 0 fully saturated rings. The van der Waals surface area contributed by atoms with Crippen LogP contribution in [0, 0.1) is 0 Å². The van der Waals surface area contributed by atoms with Crippen molar-refractivity contribution in [3.63, 3.8) is 0 Å². The molecule has 0 aliphatic rings. The van der Waals surface area contributed by atoms with Gasteiger partial charge >= 0.3 is 0 Å². The molecule has 0 unspecified atom stereocenters. The first-order valence-corrected chi connectivity index (χ1v) is 6.22. The lowest BCUT2D eigenvalue weighted by Crippen LogP contribution is -2.30. The molecule has 0 radical (unpaired) electrons. The van der Waals surface area contributed by atoms with E-state index < -0.39 is 10.0 Å². The fourth-order valence-electron chi connectivity index (χ4n) is 0.699. The summed E-state index contributed by atoms with van der Waals surface area (Å²) in [5.41, 5.74) is 0.790. The topological polar surface area (TPSA) is 55.4 Å². The molecule has 0 saturated heterocycles. The molecular formula is C9H19NO3S. The van der Waals surface area contributed by atoms with Crippen LogP contribution in [0.25, 0.3) is 0 Å². The minimum absolute atomic E-state index is 0.00153. The highest BCUT2D eigenvalue weighted by Crippen LogP contribution is 1.92. The van der Waals surface area contributed by atoms with Crippen LogP contribution in [0.4, 0.5) is 0 Å². The molecule has 0 rings (SSSR count). The second kappa shape index (κ2) is 6.16. The van der Waals surface area contributed by atoms with E-state index in [1.807, 2.05) is 13.8 Å². The van der Waals surface area contributed by atoms with Gasteiger partial charge in [-0.05, 0) is 20.8 Å². The maximum absolute atomic E-state index is 11.3. The fourth-order valence-corrected chi connectivity index (χ4v) is 1.63. The van der Waals surface area contributed by atoms with Gasteiger partial charge in [-0.3, -0.25) is 0 Å². The van der Waals surface area contributed by atoms with Crippen molar-refractivity contribution in [1.29, 1.82) is 0 Å². The summed E-state index contributed by atoms with van der Waals surface area (Å²) in [4.78, 5) is 0. The molecule has 0 aliphatic carbocycles. The summed E-state index contributed by atoms with van der Waals surface area (Å²) in [6, 6.07) is 0. The zero-order chi connectivity index (χ0) is 11.2. The third-order valence-corrected chi connectivity index (χ3v) is 2.69. The first kappa shape index (κ1) is 13.6. The summed E-state index contributed by atoms with van der Waals surface area (Å²) in [6.45, 7) is 9.64. The van der Waals surface area contributed by atoms with Gasteiger partial charge < -0.3 is 4.74 Å². The van der Waals surface area contributed by atoms with Gasteiger partial charge in [0.15, 0.2) is 0 Å². The van der Waals surface area contributed by atoms with Gasteiger partial charge in [0.1, 0.15) is 0 Å². The Morgan fingerprint density at radius 1 is 1.50 bits per heavy atom. The van der Waals surface area contributed by atoms with E-state index in [0.29, 0.717) is 6.54 Å². The molecule has 1 N–H and O–H groups in total. The molecular weight excluding hydrogens is 202 g/mol. The van der Waals surface area contributed by atoms with E-state index in [4.69, 9.17) is 4.74 Å². The van der Waals surface area contributed by atoms with Gasteiger partial charge in [0, 0.05) is 6.54 Å². The standard InChI is InChI=1S/C9H19NO3S/c1-8(2)7-10-14(11,12)6-5-13-9(3)4/h9-10H,1,5-7H2,2-4H3. The van der Waals surface area contributed by atoms with Crippen LogP contribution in [0.3, 0.4) is 0 Å². The quantitative estimate of drug-likeness (QED) is 0.650. The highest BCUT2D eigenvalue weighted by molar-refractivity contribution is 7.89. The molecule has 0 heterocycles. The van der Waals surface area contributed by atoms with Crippen molar-refractivity contribution in [3.05, 3.63) is 12.2 Å². The first-order valence-electron chi connectivity index (χ1n) is 4.57. The zero-order valence-corrected chi connectivity index (χ0v) is 9.86. The monoisotopic (exact) mass is 221 g/mol. The number of rotatable bonds is 7. The van der Waals surface area contributed by atoms with Crippen LogP contribution in [0.15, 0.2) is 12.2 Å². The van der Waals surface area contributed by atoms with Gasteiger partial charge in [-0.25, -0.2) is 13.1 Å². The molecule has 5 heteroatoms. The van der Waals surface area contributed by atoms with E-state index in [1.165, 1.54) is 0 Å². The van der Waals surface area contributed by atoms with E-state index >= 15 is 0 Å². The highest BCUT2D eigenvalue weighted by atomic mass is 32.2. The maximum Gasteiger partial charge on any atom is 0.214 e. The third kappa shape index (κ3) is 8.22. The fraction of sp³-hybridized carbons (Fsp3) is 0.778. The van der Waals surface area contributed by atoms with Crippen molar-refractivity contribution in [2.75, 3.05) is 18.9 Å². The maximum atomic E-state index is 11.3. The molecule has 0 saturated carbocycles. The SMILES string of the molecule is C=C(C)CNS(=O)(=O)CCOC(C)C. The molecule has 0 bridgehead atoms. The lowest BCUT2D eigenvalue weighted by molar-refractivity contribution is 0.0911. The van der Waals surface area contributed by atoms with Crippen LogP contribution in [0.5, 0.6) is 0 Å². The number of ether oxygens (including phenoxy) is 1. The van der Waals surface area contributed by atoms with Gasteiger partial charge in [0.2, 0.25) is 10.0 Å². The van der Waals surface area contributed by atoms with Crippen LogP contribution in [-0.4, -0.2) is 33.4 Å². The average molecular weight is 221 g/mol. The molecule has 84 valence electrons. The Balaban J connectivity index is 3.79. The van der Waals surface area contributed by atoms with Crippen LogP contribution >= 0.6 is 0 Å². The van der Waals surface area contributed by atoms with Gasteiger partial charge in [0.05, 0.1) is 18.5 Å². The Hall–Kier alpha value is -0.390. The molecule has 14 heavy (non-hydrogen) atoms. The Bertz CT molecular complexity index is 270. The molecule has 0 aromatic rings. The number of nitrogens with one attached hydrogen (secondary N) is 1. The van der Waals surface area contributed by atoms with Gasteiger partial charge in [0.25, 0.3) is 0 Å². The third-order valence-electron chi connectivity index (χ3n) is 1.40. The van der Waals surface area contributed by atoms with E-state index in [2.05, 4.69) is 11.3 Å². The van der Waals surface area contributed by atoms with E-state index in [1.54, 1.807) is 6.92 Å². The minimum Gasteiger partial charge on any atom is -0.378 e. The first-order chi connectivity index (χ1) is 6.33. The van der Waals surface area contributed by atoms with Crippen LogP contribution in [0.1, 0.15) is 20.8 Å². The number of hydrogen-bond acceptors (Lipinski definition) is 3. The lowest BCUT2D eigenvalue weighted by atomic mass is 10.4. The summed E-state index contributed by atoms with van der Waals surface area (Å²) in [6.07, 6.45) is 0.0614. The molecule has 0 aromatic carbocycles. The second-order valence-corrected chi connectivity index (χ2v) is 5.44. The van der Waals surface area contributed by atoms with E-state index in [-0.39, 0.29) is 18.5 Å². The predicted molar refractivity (Wildman–Crippen MR) is 57.7 cm³/mol. The molecule has 0 amide bonds. The van der Waals surface area contributed by atoms with Crippen molar-refractivity contribution < 1.29 is 13.2 Å². The number of hydrogen-bond donors (Lipinski definition) is 1. The molecule has 0 spiro atoms. The normalized spacial score (nSPS) is 12.0. The Labute approximate surface area is 86.4 Å². The van der Waals surface area contributed by atoms with Gasteiger partial charge in [-0.1, -0.05) is 12.2 Å². The van der Waals surface area contributed by atoms with Crippen LogP contribution in [0.2, 0.25) is 0 Å². The summed E-state index contributed by atoms with van der Waals surface area (Å²) in [5, 5.41) is 0. The Morgan fingerprint density at radius 3 is 2.50 bits per heavy atom. The highest BCUT2D eigenvalue weighted by Gasteiger charge is 2.09. The molecule has 0 atom stereocenters. The van der Waals surface area contributed by atoms with E-state index in [9.17, 15) is 8.42 Å². The molecule has 0 aromatic heterocycles. The smallest absolute Gasteiger partial charge is 0.214 e. The van der Waals surface area contributed by atoms with Crippen LogP contribution in [-0.2, 0) is 14.8 Å². The van der Waals surface area contributed by atoms with Crippen molar-refractivity contribution in [3.8, 4) is 0 Å². The number of sulfonamides is 1.